The SMILES string of the molecule is O=C(/C=C/c1ccc([N+](=O)[O-])cc1)O[C@H](C(=O)N1CCOCC1)c1ccccc1. The Labute approximate surface area is 167 Å². The Morgan fingerprint density at radius 3 is 2.34 bits per heavy atom. The quantitative estimate of drug-likeness (QED) is 0.322. The number of carbonyl (C=O) groups is 2. The lowest BCUT2D eigenvalue weighted by Gasteiger charge is -2.30. The first-order chi connectivity index (χ1) is 14.0. The van der Waals surface area contributed by atoms with Crippen molar-refractivity contribution in [2.45, 2.75) is 6.10 Å². The van der Waals surface area contributed by atoms with E-state index in [0.717, 1.165) is 0 Å². The molecule has 1 saturated heterocycles. The Hall–Kier alpha value is -3.52. The van der Waals surface area contributed by atoms with E-state index < -0.39 is 17.0 Å². The second kappa shape index (κ2) is 9.61. The molecule has 0 spiro atoms. The number of nitro groups is 1. The summed E-state index contributed by atoms with van der Waals surface area (Å²) >= 11 is 0. The van der Waals surface area contributed by atoms with Crippen LogP contribution in [0.3, 0.4) is 0 Å². The summed E-state index contributed by atoms with van der Waals surface area (Å²) < 4.78 is 10.7. The van der Waals surface area contributed by atoms with Crippen molar-refractivity contribution in [1.82, 2.24) is 4.90 Å². The molecule has 1 aliphatic heterocycles. The minimum absolute atomic E-state index is 0.0371. The average Bonchev–Trinajstić information content (AvgIpc) is 2.77. The fourth-order valence-corrected chi connectivity index (χ4v) is 2.87. The Bertz CT molecular complexity index is 889. The van der Waals surface area contributed by atoms with Crippen molar-refractivity contribution in [3.8, 4) is 0 Å². The number of hydrogen-bond donors (Lipinski definition) is 0. The summed E-state index contributed by atoms with van der Waals surface area (Å²) in [6, 6.07) is 14.6. The minimum Gasteiger partial charge on any atom is -0.444 e. The Balaban J connectivity index is 1.72. The van der Waals surface area contributed by atoms with Crippen LogP contribution in [0.1, 0.15) is 17.2 Å². The zero-order chi connectivity index (χ0) is 20.6. The van der Waals surface area contributed by atoms with Crippen molar-refractivity contribution < 1.29 is 24.0 Å². The molecule has 3 rings (SSSR count). The van der Waals surface area contributed by atoms with E-state index in [2.05, 4.69) is 0 Å². The number of amides is 1. The lowest BCUT2D eigenvalue weighted by atomic mass is 10.1. The minimum atomic E-state index is -1.05. The molecule has 1 heterocycles. The van der Waals surface area contributed by atoms with E-state index in [-0.39, 0.29) is 11.6 Å². The van der Waals surface area contributed by atoms with Crippen LogP contribution < -0.4 is 0 Å². The van der Waals surface area contributed by atoms with Gasteiger partial charge in [0.15, 0.2) is 0 Å². The van der Waals surface area contributed by atoms with Gasteiger partial charge in [-0.25, -0.2) is 4.79 Å². The Morgan fingerprint density at radius 1 is 1.07 bits per heavy atom. The van der Waals surface area contributed by atoms with Gasteiger partial charge in [-0.2, -0.15) is 0 Å². The third-order valence-electron chi connectivity index (χ3n) is 4.40. The molecule has 150 valence electrons. The van der Waals surface area contributed by atoms with Crippen molar-refractivity contribution >= 4 is 23.6 Å². The highest BCUT2D eigenvalue weighted by Crippen LogP contribution is 2.22. The first-order valence-electron chi connectivity index (χ1n) is 9.09. The van der Waals surface area contributed by atoms with Crippen LogP contribution in [0, 0.1) is 10.1 Å². The average molecular weight is 396 g/mol. The van der Waals surface area contributed by atoms with E-state index in [0.29, 0.717) is 37.4 Å². The van der Waals surface area contributed by atoms with Crippen LogP contribution >= 0.6 is 0 Å². The highest BCUT2D eigenvalue weighted by molar-refractivity contribution is 5.91. The van der Waals surface area contributed by atoms with E-state index in [4.69, 9.17) is 9.47 Å². The highest BCUT2D eigenvalue weighted by Gasteiger charge is 2.29. The molecule has 0 unspecified atom stereocenters. The maximum absolute atomic E-state index is 12.9. The van der Waals surface area contributed by atoms with Crippen LogP contribution in [0.25, 0.3) is 6.08 Å². The van der Waals surface area contributed by atoms with Crippen molar-refractivity contribution in [3.63, 3.8) is 0 Å². The lowest BCUT2D eigenvalue weighted by molar-refractivity contribution is -0.384. The molecule has 0 N–H and O–H groups in total. The zero-order valence-electron chi connectivity index (χ0n) is 15.6. The van der Waals surface area contributed by atoms with E-state index in [1.54, 1.807) is 29.2 Å². The largest absolute Gasteiger partial charge is 0.444 e. The molecule has 0 saturated carbocycles. The van der Waals surface area contributed by atoms with Crippen LogP contribution in [0.2, 0.25) is 0 Å². The number of non-ortho nitro benzene ring substituents is 1. The molecule has 29 heavy (non-hydrogen) atoms. The molecule has 1 amide bonds. The van der Waals surface area contributed by atoms with E-state index in [1.165, 1.54) is 36.4 Å². The third kappa shape index (κ3) is 5.49. The van der Waals surface area contributed by atoms with E-state index in [9.17, 15) is 19.7 Å². The summed E-state index contributed by atoms with van der Waals surface area (Å²) in [5.74, 6) is -0.976. The predicted molar refractivity (Wildman–Crippen MR) is 105 cm³/mol. The second-order valence-electron chi connectivity index (χ2n) is 6.35. The first-order valence-corrected chi connectivity index (χ1v) is 9.09. The van der Waals surface area contributed by atoms with Gasteiger partial charge in [0.25, 0.3) is 11.6 Å². The number of morpholine rings is 1. The lowest BCUT2D eigenvalue weighted by Crippen LogP contribution is -2.44. The number of benzene rings is 2. The molecule has 8 nitrogen and oxygen atoms in total. The van der Waals surface area contributed by atoms with Gasteiger partial charge in [0, 0.05) is 36.9 Å². The molecule has 0 radical (unpaired) electrons. The molecular formula is C21H20N2O6. The molecule has 1 fully saturated rings. The normalized spacial score (nSPS) is 15.1. The molecule has 0 bridgehead atoms. The predicted octanol–water partition coefficient (Wildman–Crippen LogP) is 2.75. The molecule has 2 aromatic carbocycles. The number of carbonyl (C=O) groups excluding carboxylic acids is 2. The van der Waals surface area contributed by atoms with Gasteiger partial charge in [0.1, 0.15) is 0 Å². The highest BCUT2D eigenvalue weighted by atomic mass is 16.6. The van der Waals surface area contributed by atoms with Gasteiger partial charge >= 0.3 is 5.97 Å². The number of ether oxygens (including phenoxy) is 2. The Kier molecular flexibility index (Phi) is 6.70. The number of nitro benzene ring substituents is 1. The summed E-state index contributed by atoms with van der Waals surface area (Å²) in [5.41, 5.74) is 1.15. The van der Waals surface area contributed by atoms with Gasteiger partial charge in [-0.15, -0.1) is 0 Å². The van der Waals surface area contributed by atoms with E-state index >= 15 is 0 Å². The summed E-state index contributed by atoms with van der Waals surface area (Å²) in [6.45, 7) is 1.78. The summed E-state index contributed by atoms with van der Waals surface area (Å²) in [6.07, 6.45) is 1.63. The second-order valence-corrected chi connectivity index (χ2v) is 6.35. The summed E-state index contributed by atoms with van der Waals surface area (Å²) in [5, 5.41) is 10.7. The van der Waals surface area contributed by atoms with Gasteiger partial charge in [0.05, 0.1) is 18.1 Å². The molecule has 0 aliphatic carbocycles. The van der Waals surface area contributed by atoms with Crippen LogP contribution in [-0.2, 0) is 19.1 Å². The van der Waals surface area contributed by atoms with Gasteiger partial charge in [-0.1, -0.05) is 30.3 Å². The van der Waals surface area contributed by atoms with Gasteiger partial charge in [-0.05, 0) is 23.8 Å². The molecule has 2 aromatic rings. The van der Waals surface area contributed by atoms with Gasteiger partial charge in [-0.3, -0.25) is 14.9 Å². The first kappa shape index (κ1) is 20.2. The van der Waals surface area contributed by atoms with E-state index in [1.807, 2.05) is 6.07 Å². The molecule has 8 heteroatoms. The van der Waals surface area contributed by atoms with Crippen molar-refractivity contribution in [2.75, 3.05) is 26.3 Å². The monoisotopic (exact) mass is 396 g/mol. The molecule has 1 atom stereocenters. The maximum Gasteiger partial charge on any atom is 0.331 e. The smallest absolute Gasteiger partial charge is 0.331 e. The van der Waals surface area contributed by atoms with Crippen LogP contribution in [0.5, 0.6) is 0 Å². The number of nitrogens with zero attached hydrogens (tertiary/aromatic N) is 2. The summed E-state index contributed by atoms with van der Waals surface area (Å²) in [7, 11) is 0. The van der Waals surface area contributed by atoms with Gasteiger partial charge < -0.3 is 14.4 Å². The topological polar surface area (TPSA) is 99.0 Å². The van der Waals surface area contributed by atoms with Crippen molar-refractivity contribution in [1.29, 1.82) is 0 Å². The third-order valence-corrected chi connectivity index (χ3v) is 4.40. The fraction of sp³-hybridized carbons (Fsp3) is 0.238. The number of esters is 1. The number of hydrogen-bond acceptors (Lipinski definition) is 6. The van der Waals surface area contributed by atoms with Crippen LogP contribution in [-0.4, -0.2) is 48.0 Å². The van der Waals surface area contributed by atoms with Crippen LogP contribution in [0.15, 0.2) is 60.7 Å². The van der Waals surface area contributed by atoms with Gasteiger partial charge in [0.2, 0.25) is 6.10 Å². The Morgan fingerprint density at radius 2 is 1.72 bits per heavy atom. The molecule has 1 aliphatic rings. The standard InChI is InChI=1S/C21H20N2O6/c24-19(11-8-16-6-9-18(10-7-16)23(26)27)29-20(17-4-2-1-3-5-17)21(25)22-12-14-28-15-13-22/h1-11,20H,12-15H2/b11-8+/t20-/m0/s1. The summed E-state index contributed by atoms with van der Waals surface area (Å²) in [4.78, 5) is 37.1. The molecule has 0 aromatic heterocycles. The van der Waals surface area contributed by atoms with Crippen LogP contribution in [0.4, 0.5) is 5.69 Å². The number of rotatable bonds is 6. The van der Waals surface area contributed by atoms with Crippen molar-refractivity contribution in [2.24, 2.45) is 0 Å². The molecular weight excluding hydrogens is 376 g/mol. The van der Waals surface area contributed by atoms with Crippen molar-refractivity contribution in [3.05, 3.63) is 81.9 Å². The maximum atomic E-state index is 12.9. The fourth-order valence-electron chi connectivity index (χ4n) is 2.87. The zero-order valence-corrected chi connectivity index (χ0v) is 15.6.